The summed E-state index contributed by atoms with van der Waals surface area (Å²) >= 11 is 0. The molecule has 0 spiro atoms. The van der Waals surface area contributed by atoms with Crippen molar-refractivity contribution < 1.29 is 4.79 Å². The van der Waals surface area contributed by atoms with Crippen molar-refractivity contribution in [2.45, 2.75) is 60.8 Å². The summed E-state index contributed by atoms with van der Waals surface area (Å²) < 4.78 is 0. The minimum Gasteiger partial charge on any atom is -0.300 e. The molecule has 94 valence electrons. The fourth-order valence-electron chi connectivity index (χ4n) is 1.26. The van der Waals surface area contributed by atoms with Crippen LogP contribution in [0.1, 0.15) is 60.8 Å². The smallest absolute Gasteiger partial charge is 0.131 e. The maximum absolute atomic E-state index is 10.8. The zero-order valence-corrected chi connectivity index (χ0v) is 9.25. The standard InChI is InChI=1S/C13H20O.2CH4/c1-4-6-7-8-9-10-13(5-2)11-12(3)14;;/h2,8-9,13H,4,6-7,10-11H2,1,3H3;2*1H4/b9-8+;;. The molecule has 0 aromatic rings. The summed E-state index contributed by atoms with van der Waals surface area (Å²) in [7, 11) is 0. The molecule has 0 saturated carbocycles. The van der Waals surface area contributed by atoms with E-state index >= 15 is 0 Å². The first-order chi connectivity index (χ1) is 6.70. The molecule has 1 unspecified atom stereocenters. The quantitative estimate of drug-likeness (QED) is 0.350. The molecule has 0 heterocycles. The van der Waals surface area contributed by atoms with Gasteiger partial charge in [0.2, 0.25) is 0 Å². The van der Waals surface area contributed by atoms with Crippen LogP contribution in [0.2, 0.25) is 0 Å². The monoisotopic (exact) mass is 224 g/mol. The van der Waals surface area contributed by atoms with Crippen molar-refractivity contribution in [3.8, 4) is 12.3 Å². The zero-order chi connectivity index (χ0) is 10.8. The minimum absolute atomic E-state index is 0. The molecule has 16 heavy (non-hydrogen) atoms. The van der Waals surface area contributed by atoms with Gasteiger partial charge in [-0.2, -0.15) is 0 Å². The molecule has 0 aliphatic carbocycles. The maximum atomic E-state index is 10.8. The van der Waals surface area contributed by atoms with Crippen molar-refractivity contribution in [3.05, 3.63) is 12.2 Å². The summed E-state index contributed by atoms with van der Waals surface area (Å²) in [6.45, 7) is 3.76. The van der Waals surface area contributed by atoms with Crippen molar-refractivity contribution in [2.24, 2.45) is 5.92 Å². The Morgan fingerprint density at radius 3 is 2.44 bits per heavy atom. The number of carbonyl (C=O) groups excluding carboxylic acids is 1. The van der Waals surface area contributed by atoms with E-state index in [0.717, 1.165) is 12.8 Å². The SMILES string of the molecule is C.C.C#CC(C/C=C/CCCC)CC(C)=O. The molecule has 0 saturated heterocycles. The van der Waals surface area contributed by atoms with Crippen LogP contribution in [-0.2, 0) is 4.79 Å². The van der Waals surface area contributed by atoms with Crippen LogP contribution in [0.4, 0.5) is 0 Å². The van der Waals surface area contributed by atoms with E-state index in [4.69, 9.17) is 6.42 Å². The Morgan fingerprint density at radius 1 is 1.38 bits per heavy atom. The number of rotatable bonds is 7. The van der Waals surface area contributed by atoms with Crippen LogP contribution in [0.15, 0.2) is 12.2 Å². The number of unbranched alkanes of at least 4 members (excludes halogenated alkanes) is 2. The summed E-state index contributed by atoms with van der Waals surface area (Å²) in [6.07, 6.45) is 14.5. The molecule has 0 rings (SSSR count). The van der Waals surface area contributed by atoms with Gasteiger partial charge in [0, 0.05) is 12.3 Å². The average molecular weight is 224 g/mol. The molecule has 0 aliphatic rings. The molecule has 1 nitrogen and oxygen atoms in total. The van der Waals surface area contributed by atoms with Gasteiger partial charge in [-0.15, -0.1) is 12.3 Å². The first-order valence-corrected chi connectivity index (χ1v) is 5.31. The molecule has 0 fully saturated rings. The Morgan fingerprint density at radius 2 is 2.00 bits per heavy atom. The first kappa shape index (κ1) is 20.4. The van der Waals surface area contributed by atoms with Crippen molar-refractivity contribution in [1.29, 1.82) is 0 Å². The van der Waals surface area contributed by atoms with Crippen molar-refractivity contribution in [3.63, 3.8) is 0 Å². The number of carbonyl (C=O) groups is 1. The second-order valence-electron chi connectivity index (χ2n) is 3.62. The van der Waals surface area contributed by atoms with Crippen LogP contribution in [0, 0.1) is 18.3 Å². The Kier molecular flexibility index (Phi) is 17.8. The number of terminal acetylenes is 1. The van der Waals surface area contributed by atoms with E-state index in [1.807, 2.05) is 0 Å². The molecule has 0 N–H and O–H groups in total. The predicted octanol–water partition coefficient (Wildman–Crippen LogP) is 4.62. The molecule has 0 bridgehead atoms. The van der Waals surface area contributed by atoms with Crippen LogP contribution in [-0.4, -0.2) is 5.78 Å². The number of allylic oxidation sites excluding steroid dienone is 2. The third-order valence-corrected chi connectivity index (χ3v) is 2.08. The highest BCUT2D eigenvalue weighted by atomic mass is 16.1. The Hall–Kier alpha value is -1.03. The van der Waals surface area contributed by atoms with Gasteiger partial charge in [-0.3, -0.25) is 4.79 Å². The Bertz CT molecular complexity index is 220. The van der Waals surface area contributed by atoms with Crippen molar-refractivity contribution >= 4 is 5.78 Å². The Balaban J connectivity index is -0.000000845. The molecular weight excluding hydrogens is 196 g/mol. The van der Waals surface area contributed by atoms with Crippen LogP contribution in [0.3, 0.4) is 0 Å². The van der Waals surface area contributed by atoms with E-state index in [1.54, 1.807) is 6.92 Å². The predicted molar refractivity (Wildman–Crippen MR) is 74.4 cm³/mol. The highest BCUT2D eigenvalue weighted by molar-refractivity contribution is 5.76. The largest absolute Gasteiger partial charge is 0.300 e. The van der Waals surface area contributed by atoms with E-state index in [1.165, 1.54) is 12.8 Å². The van der Waals surface area contributed by atoms with E-state index in [-0.39, 0.29) is 26.6 Å². The normalized spacial score (nSPS) is 11.1. The van der Waals surface area contributed by atoms with Gasteiger partial charge in [0.15, 0.2) is 0 Å². The van der Waals surface area contributed by atoms with E-state index in [2.05, 4.69) is 25.0 Å². The molecular formula is C15H28O. The minimum atomic E-state index is 0. The second kappa shape index (κ2) is 14.0. The first-order valence-electron chi connectivity index (χ1n) is 5.31. The number of ketones is 1. The summed E-state index contributed by atoms with van der Waals surface area (Å²) in [5.74, 6) is 2.92. The second-order valence-corrected chi connectivity index (χ2v) is 3.62. The highest BCUT2D eigenvalue weighted by Gasteiger charge is 2.05. The maximum Gasteiger partial charge on any atom is 0.131 e. The van der Waals surface area contributed by atoms with Crippen LogP contribution in [0.25, 0.3) is 0 Å². The third kappa shape index (κ3) is 13.0. The fraction of sp³-hybridized carbons (Fsp3) is 0.667. The number of Topliss-reactive ketones (excluding diaryl/α,β-unsaturated/α-hetero) is 1. The molecule has 0 aromatic heterocycles. The lowest BCUT2D eigenvalue weighted by molar-refractivity contribution is -0.117. The molecule has 0 radical (unpaired) electrons. The third-order valence-electron chi connectivity index (χ3n) is 2.08. The van der Waals surface area contributed by atoms with Gasteiger partial charge in [0.05, 0.1) is 0 Å². The van der Waals surface area contributed by atoms with Crippen molar-refractivity contribution in [2.75, 3.05) is 0 Å². The zero-order valence-electron chi connectivity index (χ0n) is 9.25. The molecule has 1 heteroatoms. The van der Waals surface area contributed by atoms with Crippen LogP contribution >= 0.6 is 0 Å². The van der Waals surface area contributed by atoms with Gasteiger partial charge in [-0.05, 0) is 19.8 Å². The van der Waals surface area contributed by atoms with E-state index in [9.17, 15) is 4.79 Å². The lowest BCUT2D eigenvalue weighted by atomic mass is 10.00. The highest BCUT2D eigenvalue weighted by Crippen LogP contribution is 2.09. The lowest BCUT2D eigenvalue weighted by Gasteiger charge is -2.03. The van der Waals surface area contributed by atoms with E-state index < -0.39 is 0 Å². The van der Waals surface area contributed by atoms with Gasteiger partial charge in [0.25, 0.3) is 0 Å². The summed E-state index contributed by atoms with van der Waals surface area (Å²) in [5, 5.41) is 0. The molecule has 0 amide bonds. The number of hydrogen-bond acceptors (Lipinski definition) is 1. The van der Waals surface area contributed by atoms with Gasteiger partial charge >= 0.3 is 0 Å². The van der Waals surface area contributed by atoms with Gasteiger partial charge in [-0.1, -0.05) is 46.8 Å². The van der Waals surface area contributed by atoms with Gasteiger partial charge in [-0.25, -0.2) is 0 Å². The van der Waals surface area contributed by atoms with Gasteiger partial charge < -0.3 is 0 Å². The summed E-state index contributed by atoms with van der Waals surface area (Å²) in [5.41, 5.74) is 0. The summed E-state index contributed by atoms with van der Waals surface area (Å²) in [6, 6.07) is 0. The van der Waals surface area contributed by atoms with Crippen LogP contribution < -0.4 is 0 Å². The summed E-state index contributed by atoms with van der Waals surface area (Å²) in [4.78, 5) is 10.8. The molecule has 1 atom stereocenters. The van der Waals surface area contributed by atoms with Crippen LogP contribution in [0.5, 0.6) is 0 Å². The fourth-order valence-corrected chi connectivity index (χ4v) is 1.26. The van der Waals surface area contributed by atoms with Crippen molar-refractivity contribution in [1.82, 2.24) is 0 Å². The average Bonchev–Trinajstić information content (AvgIpc) is 2.15. The topological polar surface area (TPSA) is 17.1 Å². The lowest BCUT2D eigenvalue weighted by Crippen LogP contribution is -2.01. The molecule has 0 aliphatic heterocycles. The Labute approximate surface area is 102 Å². The molecule has 0 aromatic carbocycles. The number of hydrogen-bond donors (Lipinski definition) is 0. The van der Waals surface area contributed by atoms with E-state index in [0.29, 0.717) is 6.42 Å². The van der Waals surface area contributed by atoms with Gasteiger partial charge in [0.1, 0.15) is 5.78 Å².